The topological polar surface area (TPSA) is 49.0 Å². The average molecular weight is 434 g/mol. The third kappa shape index (κ3) is 4.90. The second-order valence-corrected chi connectivity index (χ2v) is 9.50. The predicted molar refractivity (Wildman–Crippen MR) is 134 cm³/mol. The van der Waals surface area contributed by atoms with Gasteiger partial charge in [-0.25, -0.2) is 4.98 Å². The SMILES string of the molecule is CCCC(CCC)C(c1nc2ccccc2[nH]1)N(C(=O)c1c(C)cc(C)cc1C)C(C)C. The zero-order chi connectivity index (χ0) is 23.4. The first-order chi connectivity index (χ1) is 15.3. The number of imidazole rings is 1. The summed E-state index contributed by atoms with van der Waals surface area (Å²) < 4.78 is 0. The van der Waals surface area contributed by atoms with Crippen molar-refractivity contribution in [3.8, 4) is 0 Å². The molecule has 3 aromatic rings. The second-order valence-electron chi connectivity index (χ2n) is 9.50. The number of fused-ring (bicyclic) bond motifs is 1. The van der Waals surface area contributed by atoms with Gasteiger partial charge < -0.3 is 9.88 Å². The molecule has 4 nitrogen and oxygen atoms in total. The van der Waals surface area contributed by atoms with E-state index in [9.17, 15) is 4.79 Å². The minimum absolute atomic E-state index is 0.0528. The fourth-order valence-corrected chi connectivity index (χ4v) is 5.22. The number of aromatic nitrogens is 2. The molecule has 2 aromatic carbocycles. The molecule has 0 aliphatic heterocycles. The number of hydrogen-bond donors (Lipinski definition) is 1. The Morgan fingerprint density at radius 1 is 1.00 bits per heavy atom. The highest BCUT2D eigenvalue weighted by atomic mass is 16.2. The number of aryl methyl sites for hydroxylation is 3. The van der Waals surface area contributed by atoms with Crippen LogP contribution in [0.2, 0.25) is 0 Å². The molecule has 0 aliphatic rings. The van der Waals surface area contributed by atoms with E-state index in [4.69, 9.17) is 4.98 Å². The van der Waals surface area contributed by atoms with Crippen LogP contribution in [-0.4, -0.2) is 26.8 Å². The Hall–Kier alpha value is -2.62. The van der Waals surface area contributed by atoms with Gasteiger partial charge in [-0.3, -0.25) is 4.79 Å². The summed E-state index contributed by atoms with van der Waals surface area (Å²) in [5, 5.41) is 0. The summed E-state index contributed by atoms with van der Waals surface area (Å²) in [4.78, 5) is 24.8. The highest BCUT2D eigenvalue weighted by molar-refractivity contribution is 5.97. The number of para-hydroxylation sites is 2. The summed E-state index contributed by atoms with van der Waals surface area (Å²) in [6.45, 7) is 14.9. The van der Waals surface area contributed by atoms with Crippen LogP contribution in [0.4, 0.5) is 0 Å². The monoisotopic (exact) mass is 433 g/mol. The van der Waals surface area contributed by atoms with Gasteiger partial charge in [0, 0.05) is 11.6 Å². The van der Waals surface area contributed by atoms with Gasteiger partial charge in [0.05, 0.1) is 17.1 Å². The number of nitrogens with one attached hydrogen (secondary N) is 1. The van der Waals surface area contributed by atoms with Crippen LogP contribution in [0.15, 0.2) is 36.4 Å². The van der Waals surface area contributed by atoms with Crippen molar-refractivity contribution in [2.24, 2.45) is 5.92 Å². The molecule has 0 saturated carbocycles. The molecule has 1 heterocycles. The maximum atomic E-state index is 14.2. The van der Waals surface area contributed by atoms with Crippen molar-refractivity contribution in [1.29, 1.82) is 0 Å². The fraction of sp³-hybridized carbons (Fsp3) is 0.500. The summed E-state index contributed by atoms with van der Waals surface area (Å²) in [5.74, 6) is 1.36. The Morgan fingerprint density at radius 3 is 2.12 bits per heavy atom. The molecule has 0 bridgehead atoms. The van der Waals surface area contributed by atoms with Crippen LogP contribution in [0.5, 0.6) is 0 Å². The van der Waals surface area contributed by atoms with E-state index in [1.54, 1.807) is 0 Å². The molecule has 1 atom stereocenters. The standard InChI is InChI=1S/C28H39N3O/c1-8-12-22(13-9-2)26(27-29-23-14-10-11-15-24(23)30-27)31(18(3)4)28(32)25-20(6)16-19(5)17-21(25)7/h10-11,14-18,22,26H,8-9,12-13H2,1-7H3,(H,29,30). The van der Waals surface area contributed by atoms with Crippen molar-refractivity contribution in [2.45, 2.75) is 86.2 Å². The number of rotatable bonds is 9. The molecule has 1 N–H and O–H groups in total. The van der Waals surface area contributed by atoms with Gasteiger partial charge in [0.15, 0.2) is 0 Å². The van der Waals surface area contributed by atoms with Crippen LogP contribution >= 0.6 is 0 Å². The number of H-pyrrole nitrogens is 1. The molecule has 1 amide bonds. The van der Waals surface area contributed by atoms with Crippen molar-refractivity contribution >= 4 is 16.9 Å². The molecule has 0 radical (unpaired) electrons. The smallest absolute Gasteiger partial charge is 0.255 e. The van der Waals surface area contributed by atoms with Crippen molar-refractivity contribution in [1.82, 2.24) is 14.9 Å². The van der Waals surface area contributed by atoms with Crippen molar-refractivity contribution in [2.75, 3.05) is 0 Å². The summed E-state index contributed by atoms with van der Waals surface area (Å²) in [6.07, 6.45) is 4.31. The number of carbonyl (C=O) groups is 1. The number of hydrogen-bond acceptors (Lipinski definition) is 2. The van der Waals surface area contributed by atoms with Gasteiger partial charge in [0.2, 0.25) is 0 Å². The minimum atomic E-state index is -0.0881. The number of amides is 1. The molecule has 0 aliphatic carbocycles. The molecule has 0 saturated heterocycles. The van der Waals surface area contributed by atoms with E-state index in [2.05, 4.69) is 76.5 Å². The molecule has 32 heavy (non-hydrogen) atoms. The highest BCUT2D eigenvalue weighted by Crippen LogP contribution is 2.37. The lowest BCUT2D eigenvalue weighted by molar-refractivity contribution is 0.0475. The van der Waals surface area contributed by atoms with Gasteiger partial charge in [0.25, 0.3) is 5.91 Å². The largest absolute Gasteiger partial charge is 0.340 e. The van der Waals surface area contributed by atoms with Crippen LogP contribution in [0, 0.1) is 26.7 Å². The molecule has 4 heteroatoms. The van der Waals surface area contributed by atoms with Gasteiger partial charge in [0.1, 0.15) is 5.82 Å². The minimum Gasteiger partial charge on any atom is -0.340 e. The Bertz CT molecular complexity index is 1000. The predicted octanol–water partition coefficient (Wildman–Crippen LogP) is 7.30. The van der Waals surface area contributed by atoms with Crippen LogP contribution in [0.3, 0.4) is 0 Å². The van der Waals surface area contributed by atoms with E-state index < -0.39 is 0 Å². The second kappa shape index (κ2) is 10.3. The fourth-order valence-electron chi connectivity index (χ4n) is 5.22. The van der Waals surface area contributed by atoms with Crippen LogP contribution in [-0.2, 0) is 0 Å². The lowest BCUT2D eigenvalue weighted by atomic mass is 9.87. The van der Waals surface area contributed by atoms with E-state index in [0.29, 0.717) is 5.92 Å². The lowest BCUT2D eigenvalue weighted by Gasteiger charge is -2.39. The van der Waals surface area contributed by atoms with E-state index >= 15 is 0 Å². The first-order valence-electron chi connectivity index (χ1n) is 12.1. The number of benzene rings is 2. The Morgan fingerprint density at radius 2 is 1.59 bits per heavy atom. The average Bonchev–Trinajstić information content (AvgIpc) is 3.14. The third-order valence-electron chi connectivity index (χ3n) is 6.43. The highest BCUT2D eigenvalue weighted by Gasteiger charge is 2.36. The van der Waals surface area contributed by atoms with Crippen molar-refractivity contribution < 1.29 is 4.79 Å². The van der Waals surface area contributed by atoms with Crippen LogP contribution in [0.25, 0.3) is 11.0 Å². The Balaban J connectivity index is 2.18. The molecule has 1 unspecified atom stereocenters. The number of carbonyl (C=O) groups excluding carboxylic acids is 1. The maximum absolute atomic E-state index is 14.2. The van der Waals surface area contributed by atoms with Crippen LogP contribution < -0.4 is 0 Å². The zero-order valence-electron chi connectivity index (χ0n) is 20.8. The summed E-state index contributed by atoms with van der Waals surface area (Å²) in [5.41, 5.74) is 6.10. The first-order valence-corrected chi connectivity index (χ1v) is 12.1. The number of nitrogens with zero attached hydrogens (tertiary/aromatic N) is 2. The quantitative estimate of drug-likeness (QED) is 0.385. The van der Waals surface area contributed by atoms with Gasteiger partial charge in [-0.2, -0.15) is 0 Å². The summed E-state index contributed by atoms with van der Waals surface area (Å²) >= 11 is 0. The molecule has 0 fully saturated rings. The first kappa shape index (κ1) is 24.0. The van der Waals surface area contributed by atoms with Crippen molar-refractivity contribution in [3.63, 3.8) is 0 Å². The Kier molecular flexibility index (Phi) is 7.76. The Labute approximate surface area is 193 Å². The molecular formula is C28H39N3O. The zero-order valence-corrected chi connectivity index (χ0v) is 20.8. The molecule has 172 valence electrons. The van der Waals surface area contributed by atoms with Gasteiger partial charge in [-0.15, -0.1) is 0 Å². The maximum Gasteiger partial charge on any atom is 0.255 e. The van der Waals surface area contributed by atoms with Gasteiger partial charge >= 0.3 is 0 Å². The normalized spacial score (nSPS) is 12.7. The number of aromatic amines is 1. The lowest BCUT2D eigenvalue weighted by Crippen LogP contribution is -2.44. The van der Waals surface area contributed by atoms with E-state index in [-0.39, 0.29) is 18.0 Å². The molecular weight excluding hydrogens is 394 g/mol. The van der Waals surface area contributed by atoms with E-state index in [0.717, 1.165) is 59.2 Å². The van der Waals surface area contributed by atoms with E-state index in [1.165, 1.54) is 5.56 Å². The third-order valence-corrected chi connectivity index (χ3v) is 6.43. The van der Waals surface area contributed by atoms with Crippen molar-refractivity contribution in [3.05, 3.63) is 64.5 Å². The molecule has 0 spiro atoms. The molecule has 3 rings (SSSR count). The van der Waals surface area contributed by atoms with Crippen LogP contribution in [0.1, 0.15) is 92.3 Å². The van der Waals surface area contributed by atoms with Gasteiger partial charge in [-0.05, 0) is 76.6 Å². The van der Waals surface area contributed by atoms with E-state index in [1.807, 2.05) is 18.2 Å². The summed E-state index contributed by atoms with van der Waals surface area (Å²) in [7, 11) is 0. The summed E-state index contributed by atoms with van der Waals surface area (Å²) in [6, 6.07) is 12.3. The van der Waals surface area contributed by atoms with Gasteiger partial charge in [-0.1, -0.05) is 56.5 Å². The molecule has 1 aromatic heterocycles.